The van der Waals surface area contributed by atoms with Crippen molar-refractivity contribution in [3.63, 3.8) is 0 Å². The highest BCUT2D eigenvalue weighted by molar-refractivity contribution is 6.30. The molecule has 2 aromatic rings. The lowest BCUT2D eigenvalue weighted by molar-refractivity contribution is 0.516. The average Bonchev–Trinajstić information content (AvgIpc) is 2.47. The van der Waals surface area contributed by atoms with Crippen LogP contribution < -0.4 is 5.32 Å². The summed E-state index contributed by atoms with van der Waals surface area (Å²) in [7, 11) is 0. The molecule has 0 fully saturated rings. The van der Waals surface area contributed by atoms with Gasteiger partial charge in [0.2, 0.25) is 0 Å². The highest BCUT2D eigenvalue weighted by atomic mass is 35.5. The molecule has 0 radical (unpaired) electrons. The molecule has 2 rings (SSSR count). The van der Waals surface area contributed by atoms with Crippen LogP contribution in [-0.4, -0.2) is 6.54 Å². The summed E-state index contributed by atoms with van der Waals surface area (Å²) in [4.78, 5) is 0. The van der Waals surface area contributed by atoms with E-state index in [1.807, 2.05) is 36.4 Å². The molecule has 1 unspecified atom stereocenters. The van der Waals surface area contributed by atoms with Gasteiger partial charge in [0.15, 0.2) is 0 Å². The Bertz CT molecular complexity index is 539. The summed E-state index contributed by atoms with van der Waals surface area (Å²) in [6, 6.07) is 15.1. The zero-order valence-electron chi connectivity index (χ0n) is 11.6. The zero-order chi connectivity index (χ0) is 14.4. The van der Waals surface area contributed by atoms with Crippen LogP contribution in [0, 0.1) is 5.82 Å². The van der Waals surface area contributed by atoms with Gasteiger partial charge in [0.25, 0.3) is 0 Å². The van der Waals surface area contributed by atoms with Crippen molar-refractivity contribution >= 4 is 11.6 Å². The van der Waals surface area contributed by atoms with Crippen LogP contribution in [0.25, 0.3) is 0 Å². The number of hydrogen-bond donors (Lipinski definition) is 1. The second-order valence-corrected chi connectivity index (χ2v) is 5.24. The molecule has 0 spiro atoms. The highest BCUT2D eigenvalue weighted by Gasteiger charge is 2.08. The Hall–Kier alpha value is -1.38. The summed E-state index contributed by atoms with van der Waals surface area (Å²) in [5.74, 6) is -0.131. The van der Waals surface area contributed by atoms with E-state index in [4.69, 9.17) is 11.6 Å². The van der Waals surface area contributed by atoms with Crippen molar-refractivity contribution in [1.82, 2.24) is 5.32 Å². The maximum Gasteiger partial charge on any atom is 0.126 e. The number of hydrogen-bond acceptors (Lipinski definition) is 1. The average molecular weight is 292 g/mol. The molecular weight excluding hydrogens is 273 g/mol. The van der Waals surface area contributed by atoms with Crippen molar-refractivity contribution in [1.29, 1.82) is 0 Å². The monoisotopic (exact) mass is 291 g/mol. The largest absolute Gasteiger partial charge is 0.310 e. The lowest BCUT2D eigenvalue weighted by atomic mass is 10.0. The van der Waals surface area contributed by atoms with Gasteiger partial charge in [0, 0.05) is 11.1 Å². The van der Waals surface area contributed by atoms with Gasteiger partial charge in [0.1, 0.15) is 5.82 Å². The van der Waals surface area contributed by atoms with Crippen molar-refractivity contribution in [3.05, 3.63) is 70.5 Å². The fourth-order valence-corrected chi connectivity index (χ4v) is 2.40. The molecule has 1 atom stereocenters. The molecule has 0 bridgehead atoms. The maximum atomic E-state index is 13.5. The van der Waals surface area contributed by atoms with E-state index in [-0.39, 0.29) is 11.9 Å². The second kappa shape index (κ2) is 7.41. The molecule has 1 nitrogen and oxygen atoms in total. The highest BCUT2D eigenvalue weighted by Crippen LogP contribution is 2.19. The predicted octanol–water partition coefficient (Wildman–Crippen LogP) is 4.76. The third kappa shape index (κ3) is 4.06. The third-order valence-corrected chi connectivity index (χ3v) is 3.68. The van der Waals surface area contributed by atoms with Gasteiger partial charge in [-0.1, -0.05) is 48.9 Å². The summed E-state index contributed by atoms with van der Waals surface area (Å²) in [5, 5.41) is 4.22. The third-order valence-electron chi connectivity index (χ3n) is 3.42. The molecule has 3 heteroatoms. The van der Waals surface area contributed by atoms with Gasteiger partial charge >= 0.3 is 0 Å². The number of nitrogens with one attached hydrogen (secondary N) is 1. The molecule has 0 aliphatic heterocycles. The molecule has 106 valence electrons. The molecule has 0 aliphatic carbocycles. The fourth-order valence-electron chi connectivity index (χ4n) is 2.28. The Kier molecular flexibility index (Phi) is 5.57. The first-order chi connectivity index (χ1) is 9.70. The van der Waals surface area contributed by atoms with Crippen LogP contribution in [0.15, 0.2) is 48.5 Å². The van der Waals surface area contributed by atoms with Crippen LogP contribution in [0.1, 0.15) is 30.5 Å². The van der Waals surface area contributed by atoms with Gasteiger partial charge in [-0.2, -0.15) is 0 Å². The van der Waals surface area contributed by atoms with E-state index in [2.05, 4.69) is 12.2 Å². The Morgan fingerprint density at radius 1 is 1.10 bits per heavy atom. The van der Waals surface area contributed by atoms with Gasteiger partial charge in [-0.05, 0) is 48.7 Å². The van der Waals surface area contributed by atoms with Crippen LogP contribution >= 0.6 is 11.6 Å². The van der Waals surface area contributed by atoms with Gasteiger partial charge in [-0.3, -0.25) is 0 Å². The van der Waals surface area contributed by atoms with E-state index < -0.39 is 0 Å². The van der Waals surface area contributed by atoms with E-state index in [1.54, 1.807) is 6.07 Å². The molecule has 0 saturated carbocycles. The van der Waals surface area contributed by atoms with E-state index in [9.17, 15) is 4.39 Å². The summed E-state index contributed by atoms with van der Waals surface area (Å²) >= 11 is 5.90. The van der Waals surface area contributed by atoms with Gasteiger partial charge in [0.05, 0.1) is 0 Å². The van der Waals surface area contributed by atoms with E-state index in [0.717, 1.165) is 23.6 Å². The van der Waals surface area contributed by atoms with Gasteiger partial charge in [-0.25, -0.2) is 4.39 Å². The van der Waals surface area contributed by atoms with E-state index in [1.165, 1.54) is 11.6 Å². The molecule has 2 aromatic carbocycles. The SMILES string of the molecule is CCC(NCCc1ccccc1F)c1ccc(Cl)cc1. The Labute approximate surface area is 124 Å². The van der Waals surface area contributed by atoms with Crippen molar-refractivity contribution in [2.24, 2.45) is 0 Å². The Morgan fingerprint density at radius 2 is 1.80 bits per heavy atom. The maximum absolute atomic E-state index is 13.5. The van der Waals surface area contributed by atoms with Crippen LogP contribution in [0.2, 0.25) is 5.02 Å². The first-order valence-corrected chi connectivity index (χ1v) is 7.30. The topological polar surface area (TPSA) is 12.0 Å². The summed E-state index contributed by atoms with van der Waals surface area (Å²) in [6.07, 6.45) is 1.68. The lowest BCUT2D eigenvalue weighted by Crippen LogP contribution is -2.23. The minimum Gasteiger partial charge on any atom is -0.310 e. The minimum atomic E-state index is -0.131. The van der Waals surface area contributed by atoms with E-state index in [0.29, 0.717) is 6.42 Å². The smallest absolute Gasteiger partial charge is 0.126 e. The van der Waals surface area contributed by atoms with Crippen LogP contribution in [0.5, 0.6) is 0 Å². The summed E-state index contributed by atoms with van der Waals surface area (Å²) in [6.45, 7) is 2.89. The van der Waals surface area contributed by atoms with Crippen LogP contribution in [0.3, 0.4) is 0 Å². The fraction of sp³-hybridized carbons (Fsp3) is 0.294. The summed E-state index contributed by atoms with van der Waals surface area (Å²) in [5.41, 5.74) is 1.97. The number of rotatable bonds is 6. The number of benzene rings is 2. The minimum absolute atomic E-state index is 0.131. The molecule has 0 amide bonds. The van der Waals surface area contributed by atoms with Crippen molar-refractivity contribution in [2.45, 2.75) is 25.8 Å². The molecule has 1 N–H and O–H groups in total. The van der Waals surface area contributed by atoms with Crippen molar-refractivity contribution in [2.75, 3.05) is 6.54 Å². The lowest BCUT2D eigenvalue weighted by Gasteiger charge is -2.17. The molecule has 0 aromatic heterocycles. The van der Waals surface area contributed by atoms with Gasteiger partial charge < -0.3 is 5.32 Å². The quantitative estimate of drug-likeness (QED) is 0.809. The van der Waals surface area contributed by atoms with Crippen LogP contribution in [0.4, 0.5) is 4.39 Å². The normalized spacial score (nSPS) is 12.3. The van der Waals surface area contributed by atoms with Crippen molar-refractivity contribution < 1.29 is 4.39 Å². The first kappa shape index (κ1) is 15.0. The molecule has 0 aliphatic rings. The first-order valence-electron chi connectivity index (χ1n) is 6.93. The Morgan fingerprint density at radius 3 is 2.45 bits per heavy atom. The molecule has 20 heavy (non-hydrogen) atoms. The zero-order valence-corrected chi connectivity index (χ0v) is 12.3. The Balaban J connectivity index is 1.91. The summed E-state index contributed by atoms with van der Waals surface area (Å²) < 4.78 is 13.5. The van der Waals surface area contributed by atoms with Crippen molar-refractivity contribution in [3.8, 4) is 0 Å². The standard InChI is InChI=1S/C17H19ClFN/c1-2-17(14-7-9-15(18)10-8-14)20-12-11-13-5-3-4-6-16(13)19/h3-10,17,20H,2,11-12H2,1H3. The molecular formula is C17H19ClFN. The second-order valence-electron chi connectivity index (χ2n) is 4.81. The van der Waals surface area contributed by atoms with Crippen LogP contribution in [-0.2, 0) is 6.42 Å². The predicted molar refractivity (Wildman–Crippen MR) is 82.6 cm³/mol. The van der Waals surface area contributed by atoms with Gasteiger partial charge in [-0.15, -0.1) is 0 Å². The molecule has 0 saturated heterocycles. The molecule has 0 heterocycles. The van der Waals surface area contributed by atoms with E-state index >= 15 is 0 Å². The number of halogens is 2.